The number of thioether (sulfide) groups is 1. The molecule has 2 rings (SSSR count). The Morgan fingerprint density at radius 1 is 1.25 bits per heavy atom. The Hall–Kier alpha value is -1.47. The molecule has 0 saturated carbocycles. The van der Waals surface area contributed by atoms with Crippen molar-refractivity contribution in [3.8, 4) is 0 Å². The number of nitrogens with one attached hydrogen (secondary N) is 1. The van der Waals surface area contributed by atoms with E-state index in [4.69, 9.17) is 0 Å². The van der Waals surface area contributed by atoms with Crippen LogP contribution in [0.2, 0.25) is 0 Å². The third-order valence-electron chi connectivity index (χ3n) is 2.97. The van der Waals surface area contributed by atoms with Gasteiger partial charge in [-0.05, 0) is 19.5 Å². The molecule has 0 fully saturated rings. The molecule has 1 aromatic heterocycles. The van der Waals surface area contributed by atoms with E-state index in [9.17, 15) is 8.78 Å². The number of hydrogen-bond acceptors (Lipinski definition) is 4. The van der Waals surface area contributed by atoms with Crippen molar-refractivity contribution in [2.75, 3.05) is 7.05 Å². The lowest BCUT2D eigenvalue weighted by atomic mass is 10.1. The van der Waals surface area contributed by atoms with Crippen LogP contribution in [0, 0.1) is 18.6 Å². The largest absolute Gasteiger partial charge is 0.313 e. The van der Waals surface area contributed by atoms with Gasteiger partial charge in [-0.1, -0.05) is 23.9 Å². The summed E-state index contributed by atoms with van der Waals surface area (Å²) in [5.74, 6) is -0.452. The summed E-state index contributed by atoms with van der Waals surface area (Å²) < 4.78 is 29.1. The van der Waals surface area contributed by atoms with Gasteiger partial charge in [0.05, 0.1) is 6.54 Å². The number of rotatable bonds is 5. The van der Waals surface area contributed by atoms with E-state index >= 15 is 0 Å². The maximum absolute atomic E-state index is 13.8. The number of aryl methyl sites for hydroxylation is 1. The average molecular weight is 298 g/mol. The molecule has 0 aliphatic heterocycles. The van der Waals surface area contributed by atoms with Gasteiger partial charge in [0, 0.05) is 18.4 Å². The predicted molar refractivity (Wildman–Crippen MR) is 74.4 cm³/mol. The van der Waals surface area contributed by atoms with Gasteiger partial charge in [-0.15, -0.1) is 10.2 Å². The zero-order valence-corrected chi connectivity index (χ0v) is 12.4. The van der Waals surface area contributed by atoms with Crippen LogP contribution < -0.4 is 5.32 Å². The van der Waals surface area contributed by atoms with Crippen molar-refractivity contribution in [1.29, 1.82) is 0 Å². The third kappa shape index (κ3) is 2.99. The standard InChI is InChI=1S/C13H16F2N4S/c1-8-4-5-9(12(15)11(8)14)7-20-13-18-17-10(6-16-2)19(13)3/h4-5,16H,6-7H2,1-3H3. The Morgan fingerprint density at radius 3 is 2.70 bits per heavy atom. The molecular weight excluding hydrogens is 282 g/mol. The highest BCUT2D eigenvalue weighted by molar-refractivity contribution is 7.98. The maximum atomic E-state index is 13.8. The van der Waals surface area contributed by atoms with Gasteiger partial charge in [-0.3, -0.25) is 0 Å². The fourth-order valence-corrected chi connectivity index (χ4v) is 2.63. The van der Waals surface area contributed by atoms with Crippen LogP contribution >= 0.6 is 11.8 Å². The fraction of sp³-hybridized carbons (Fsp3) is 0.385. The second-order valence-electron chi connectivity index (χ2n) is 4.45. The minimum atomic E-state index is -0.782. The molecule has 0 saturated heterocycles. The molecule has 1 aromatic carbocycles. The molecule has 0 bridgehead atoms. The summed E-state index contributed by atoms with van der Waals surface area (Å²) in [7, 11) is 3.67. The molecule has 4 nitrogen and oxygen atoms in total. The lowest BCUT2D eigenvalue weighted by molar-refractivity contribution is 0.497. The minimum absolute atomic E-state index is 0.311. The van der Waals surface area contributed by atoms with E-state index in [0.717, 1.165) is 5.82 Å². The van der Waals surface area contributed by atoms with Crippen molar-refractivity contribution < 1.29 is 8.78 Å². The van der Waals surface area contributed by atoms with E-state index in [-0.39, 0.29) is 0 Å². The molecule has 0 aliphatic rings. The highest BCUT2D eigenvalue weighted by Crippen LogP contribution is 2.24. The first-order valence-electron chi connectivity index (χ1n) is 6.13. The molecule has 20 heavy (non-hydrogen) atoms. The Morgan fingerprint density at radius 2 is 2.00 bits per heavy atom. The molecule has 0 unspecified atom stereocenters. The molecule has 0 radical (unpaired) electrons. The Kier molecular flexibility index (Phi) is 4.72. The van der Waals surface area contributed by atoms with Crippen molar-refractivity contribution in [1.82, 2.24) is 20.1 Å². The Balaban J connectivity index is 2.11. The van der Waals surface area contributed by atoms with Crippen LogP contribution in [0.15, 0.2) is 17.3 Å². The molecule has 0 amide bonds. The first-order chi connectivity index (χ1) is 9.54. The van der Waals surface area contributed by atoms with Crippen LogP contribution in [0.1, 0.15) is 17.0 Å². The molecule has 1 heterocycles. The van der Waals surface area contributed by atoms with Crippen LogP contribution in [-0.4, -0.2) is 21.8 Å². The van der Waals surface area contributed by atoms with Crippen molar-refractivity contribution >= 4 is 11.8 Å². The van der Waals surface area contributed by atoms with Crippen LogP contribution in [0.25, 0.3) is 0 Å². The number of halogens is 2. The van der Waals surface area contributed by atoms with Gasteiger partial charge in [0.15, 0.2) is 16.8 Å². The van der Waals surface area contributed by atoms with Crippen molar-refractivity contribution in [2.45, 2.75) is 24.4 Å². The van der Waals surface area contributed by atoms with Crippen LogP contribution in [-0.2, 0) is 19.3 Å². The van der Waals surface area contributed by atoms with E-state index in [2.05, 4.69) is 15.5 Å². The normalized spacial score (nSPS) is 11.1. The van der Waals surface area contributed by atoms with Crippen LogP contribution in [0.5, 0.6) is 0 Å². The second kappa shape index (κ2) is 6.32. The average Bonchev–Trinajstić information content (AvgIpc) is 2.77. The summed E-state index contributed by atoms with van der Waals surface area (Å²) in [6, 6.07) is 3.18. The van der Waals surface area contributed by atoms with Gasteiger partial charge in [0.1, 0.15) is 5.82 Å². The van der Waals surface area contributed by atoms with Gasteiger partial charge in [-0.2, -0.15) is 0 Å². The fourth-order valence-electron chi connectivity index (χ4n) is 1.72. The Labute approximate surface area is 120 Å². The molecule has 0 atom stereocenters. The number of nitrogens with zero attached hydrogens (tertiary/aromatic N) is 3. The van der Waals surface area contributed by atoms with Gasteiger partial charge >= 0.3 is 0 Å². The second-order valence-corrected chi connectivity index (χ2v) is 5.39. The predicted octanol–water partition coefficient (Wildman–Crippen LogP) is 2.41. The number of aromatic nitrogens is 3. The molecule has 1 N–H and O–H groups in total. The lowest BCUT2D eigenvalue weighted by Crippen LogP contribution is -2.10. The van der Waals surface area contributed by atoms with Gasteiger partial charge in [-0.25, -0.2) is 8.78 Å². The van der Waals surface area contributed by atoms with Crippen molar-refractivity contribution in [3.63, 3.8) is 0 Å². The summed E-state index contributed by atoms with van der Waals surface area (Å²) in [4.78, 5) is 0. The summed E-state index contributed by atoms with van der Waals surface area (Å²) in [5, 5.41) is 11.7. The van der Waals surface area contributed by atoms with Crippen LogP contribution in [0.3, 0.4) is 0 Å². The van der Waals surface area contributed by atoms with Crippen molar-refractivity contribution in [2.24, 2.45) is 7.05 Å². The summed E-state index contributed by atoms with van der Waals surface area (Å²) in [5.41, 5.74) is 0.641. The first kappa shape index (κ1) is 14.9. The molecule has 7 heteroatoms. The van der Waals surface area contributed by atoms with E-state index in [0.29, 0.717) is 28.6 Å². The summed E-state index contributed by atoms with van der Waals surface area (Å²) >= 11 is 1.33. The summed E-state index contributed by atoms with van der Waals surface area (Å²) in [6.45, 7) is 2.15. The third-order valence-corrected chi connectivity index (χ3v) is 4.04. The molecule has 0 aliphatic carbocycles. The van der Waals surface area contributed by atoms with E-state index in [1.54, 1.807) is 19.1 Å². The van der Waals surface area contributed by atoms with E-state index < -0.39 is 11.6 Å². The minimum Gasteiger partial charge on any atom is -0.313 e. The first-order valence-corrected chi connectivity index (χ1v) is 7.12. The van der Waals surface area contributed by atoms with Crippen LogP contribution in [0.4, 0.5) is 8.78 Å². The molecule has 2 aromatic rings. The van der Waals surface area contributed by atoms with E-state index in [1.807, 2.05) is 18.7 Å². The molecule has 108 valence electrons. The molecular formula is C13H16F2N4S. The van der Waals surface area contributed by atoms with Gasteiger partial charge in [0.25, 0.3) is 0 Å². The SMILES string of the molecule is CNCc1nnc(SCc2ccc(C)c(F)c2F)n1C. The number of hydrogen-bond donors (Lipinski definition) is 1. The highest BCUT2D eigenvalue weighted by atomic mass is 32.2. The zero-order valence-electron chi connectivity index (χ0n) is 11.6. The van der Waals surface area contributed by atoms with Gasteiger partial charge < -0.3 is 9.88 Å². The summed E-state index contributed by atoms with van der Waals surface area (Å²) in [6.07, 6.45) is 0. The lowest BCUT2D eigenvalue weighted by Gasteiger charge is -2.06. The van der Waals surface area contributed by atoms with Gasteiger partial charge in [0.2, 0.25) is 0 Å². The monoisotopic (exact) mass is 298 g/mol. The number of benzene rings is 1. The van der Waals surface area contributed by atoms with Crippen molar-refractivity contribution in [3.05, 3.63) is 40.7 Å². The zero-order chi connectivity index (χ0) is 14.7. The molecule has 0 spiro atoms. The van der Waals surface area contributed by atoms with E-state index in [1.165, 1.54) is 11.8 Å². The topological polar surface area (TPSA) is 42.7 Å². The smallest absolute Gasteiger partial charge is 0.191 e. The highest BCUT2D eigenvalue weighted by Gasteiger charge is 2.13. The quantitative estimate of drug-likeness (QED) is 0.861. The Bertz CT molecular complexity index is 613. The maximum Gasteiger partial charge on any atom is 0.191 e.